The first-order valence-corrected chi connectivity index (χ1v) is 6.49. The molecule has 1 heterocycles. The lowest BCUT2D eigenvalue weighted by Gasteiger charge is -2.14. The Morgan fingerprint density at radius 1 is 1.20 bits per heavy atom. The van der Waals surface area contributed by atoms with Crippen molar-refractivity contribution >= 4 is 21.6 Å². The van der Waals surface area contributed by atoms with Crippen LogP contribution in [0.2, 0.25) is 0 Å². The van der Waals surface area contributed by atoms with Gasteiger partial charge in [0.2, 0.25) is 10.5 Å². The van der Waals surface area contributed by atoms with Crippen LogP contribution in [0.1, 0.15) is 29.0 Å². The molecule has 1 aliphatic carbocycles. The Morgan fingerprint density at radius 2 is 2.00 bits per heavy atom. The zero-order valence-corrected chi connectivity index (χ0v) is 10.2. The highest BCUT2D eigenvalue weighted by Crippen LogP contribution is 2.31. The van der Waals surface area contributed by atoms with E-state index in [1.54, 1.807) is 11.1 Å². The second kappa shape index (κ2) is 3.31. The number of nitrogens with zero attached hydrogens (tertiary/aromatic N) is 1. The van der Waals surface area contributed by atoms with Crippen LogP contribution in [-0.2, 0) is 19.9 Å². The molecule has 15 heavy (non-hydrogen) atoms. The summed E-state index contributed by atoms with van der Waals surface area (Å²) in [6.45, 7) is 2.21. The fourth-order valence-corrected chi connectivity index (χ4v) is 3.74. The van der Waals surface area contributed by atoms with E-state index in [9.17, 15) is 0 Å². The predicted octanol–water partition coefficient (Wildman–Crippen LogP) is 2.91. The molecular formula is C13H16NS+. The van der Waals surface area contributed by atoms with Crippen LogP contribution in [0.15, 0.2) is 12.1 Å². The van der Waals surface area contributed by atoms with Crippen molar-refractivity contribution in [1.82, 2.24) is 0 Å². The molecule has 3 rings (SSSR count). The summed E-state index contributed by atoms with van der Waals surface area (Å²) >= 11 is 1.96. The first-order valence-electron chi connectivity index (χ1n) is 5.67. The Morgan fingerprint density at radius 3 is 2.87 bits per heavy atom. The highest BCUT2D eigenvalue weighted by molar-refractivity contribution is 7.18. The van der Waals surface area contributed by atoms with Gasteiger partial charge in [0.1, 0.15) is 11.7 Å². The van der Waals surface area contributed by atoms with Gasteiger partial charge in [0.15, 0.2) is 0 Å². The molecule has 0 bridgehead atoms. The van der Waals surface area contributed by atoms with Crippen LogP contribution in [0.3, 0.4) is 0 Å². The maximum Gasteiger partial charge on any atom is 0.234 e. The predicted molar refractivity (Wildman–Crippen MR) is 64.4 cm³/mol. The molecule has 1 aromatic carbocycles. The van der Waals surface area contributed by atoms with Gasteiger partial charge in [-0.25, -0.2) is 0 Å². The molecular weight excluding hydrogens is 202 g/mol. The van der Waals surface area contributed by atoms with Crippen molar-refractivity contribution in [3.8, 4) is 0 Å². The minimum absolute atomic E-state index is 1.28. The van der Waals surface area contributed by atoms with Crippen LogP contribution in [0.5, 0.6) is 0 Å². The zero-order chi connectivity index (χ0) is 10.4. The van der Waals surface area contributed by atoms with E-state index >= 15 is 0 Å². The number of fused-ring (bicyclic) bond motifs is 3. The zero-order valence-electron chi connectivity index (χ0n) is 9.34. The Kier molecular flexibility index (Phi) is 2.06. The molecule has 2 heteroatoms. The third-order valence-corrected chi connectivity index (χ3v) is 4.77. The third-order valence-electron chi connectivity index (χ3n) is 3.54. The average Bonchev–Trinajstić information content (AvgIpc) is 2.56. The van der Waals surface area contributed by atoms with Gasteiger partial charge >= 0.3 is 0 Å². The van der Waals surface area contributed by atoms with Crippen molar-refractivity contribution in [3.63, 3.8) is 0 Å². The summed E-state index contributed by atoms with van der Waals surface area (Å²) in [6.07, 6.45) is 5.31. The van der Waals surface area contributed by atoms with Crippen LogP contribution in [0.25, 0.3) is 10.2 Å². The van der Waals surface area contributed by atoms with Crippen molar-refractivity contribution in [2.24, 2.45) is 7.05 Å². The van der Waals surface area contributed by atoms with Crippen LogP contribution in [0.4, 0.5) is 0 Å². The molecule has 0 N–H and O–H groups in total. The Labute approximate surface area is 94.4 Å². The van der Waals surface area contributed by atoms with Gasteiger partial charge in [-0.2, -0.15) is 4.57 Å². The lowest BCUT2D eigenvalue weighted by atomic mass is 9.91. The molecule has 0 aliphatic heterocycles. The van der Waals surface area contributed by atoms with Gasteiger partial charge < -0.3 is 0 Å². The maximum atomic E-state index is 2.34. The highest BCUT2D eigenvalue weighted by Gasteiger charge is 2.20. The quantitative estimate of drug-likeness (QED) is 0.599. The number of aryl methyl sites for hydroxylation is 4. The number of aromatic nitrogens is 1. The van der Waals surface area contributed by atoms with Gasteiger partial charge in [0.25, 0.3) is 0 Å². The van der Waals surface area contributed by atoms with Crippen LogP contribution < -0.4 is 4.57 Å². The fourth-order valence-electron chi connectivity index (χ4n) is 2.55. The first-order chi connectivity index (χ1) is 7.27. The summed E-state index contributed by atoms with van der Waals surface area (Å²) < 4.78 is 3.85. The molecule has 1 aliphatic rings. The molecule has 1 nitrogen and oxygen atoms in total. The maximum absolute atomic E-state index is 2.34. The molecule has 0 atom stereocenters. The molecule has 2 aromatic rings. The van der Waals surface area contributed by atoms with Crippen molar-refractivity contribution in [3.05, 3.63) is 28.3 Å². The minimum Gasteiger partial charge on any atom is -0.189 e. The summed E-state index contributed by atoms with van der Waals surface area (Å²) in [5, 5.41) is 1.41. The molecule has 0 spiro atoms. The second-order valence-corrected chi connectivity index (χ2v) is 5.64. The molecule has 78 valence electrons. The van der Waals surface area contributed by atoms with E-state index in [2.05, 4.69) is 30.7 Å². The number of rotatable bonds is 0. The largest absolute Gasteiger partial charge is 0.234 e. The Hall–Kier alpha value is -0.890. The van der Waals surface area contributed by atoms with E-state index in [4.69, 9.17) is 0 Å². The van der Waals surface area contributed by atoms with Crippen molar-refractivity contribution < 1.29 is 4.57 Å². The molecule has 1 aromatic heterocycles. The summed E-state index contributed by atoms with van der Waals surface area (Å²) in [5.41, 5.74) is 4.64. The van der Waals surface area contributed by atoms with Gasteiger partial charge in [0.05, 0.1) is 0 Å². The van der Waals surface area contributed by atoms with Gasteiger partial charge in [0, 0.05) is 13.0 Å². The summed E-state index contributed by atoms with van der Waals surface area (Å²) in [6, 6.07) is 4.63. The van der Waals surface area contributed by atoms with E-state index in [0.29, 0.717) is 0 Å². The molecule has 0 amide bonds. The van der Waals surface area contributed by atoms with Crippen LogP contribution in [0, 0.1) is 6.92 Å². The van der Waals surface area contributed by atoms with Gasteiger partial charge in [-0.3, -0.25) is 0 Å². The number of thiazole rings is 1. The standard InChI is InChI=1S/C13H16NS/c1-9-14(2)12-8-7-10-5-3-4-6-11(10)13(12)15-9/h7-8H,3-6H2,1-2H3/q+1. The molecule has 0 saturated heterocycles. The third kappa shape index (κ3) is 1.31. The normalized spacial score (nSPS) is 15.6. The van der Waals surface area contributed by atoms with Gasteiger partial charge in [-0.1, -0.05) is 17.4 Å². The van der Waals surface area contributed by atoms with E-state index < -0.39 is 0 Å². The first kappa shape index (κ1) is 9.34. The monoisotopic (exact) mass is 218 g/mol. The van der Waals surface area contributed by atoms with Gasteiger partial charge in [-0.05, 0) is 36.8 Å². The molecule has 0 radical (unpaired) electrons. The lowest BCUT2D eigenvalue weighted by Crippen LogP contribution is -2.28. The summed E-state index contributed by atoms with van der Waals surface area (Å²) in [7, 11) is 2.17. The minimum atomic E-state index is 1.28. The SMILES string of the molecule is Cc1sc2c3c(ccc2[n+]1C)CCCC3. The van der Waals surface area contributed by atoms with Gasteiger partial charge in [-0.15, -0.1) is 0 Å². The second-order valence-electron chi connectivity index (χ2n) is 4.44. The van der Waals surface area contributed by atoms with Crippen LogP contribution >= 0.6 is 11.3 Å². The average molecular weight is 218 g/mol. The van der Waals surface area contributed by atoms with Crippen molar-refractivity contribution in [1.29, 1.82) is 0 Å². The van der Waals surface area contributed by atoms with Crippen LogP contribution in [-0.4, -0.2) is 0 Å². The van der Waals surface area contributed by atoms with Crippen molar-refractivity contribution in [2.45, 2.75) is 32.6 Å². The number of hydrogen-bond acceptors (Lipinski definition) is 1. The molecule has 0 unspecified atom stereocenters. The summed E-state index contributed by atoms with van der Waals surface area (Å²) in [5.74, 6) is 0. The highest BCUT2D eigenvalue weighted by atomic mass is 32.1. The molecule has 0 fully saturated rings. The van der Waals surface area contributed by atoms with E-state index in [1.807, 2.05) is 11.3 Å². The summed E-state index contributed by atoms with van der Waals surface area (Å²) in [4.78, 5) is 0. The van der Waals surface area contributed by atoms with E-state index in [1.165, 1.54) is 40.9 Å². The fraction of sp³-hybridized carbons (Fsp3) is 0.462. The van der Waals surface area contributed by atoms with E-state index in [-0.39, 0.29) is 0 Å². The van der Waals surface area contributed by atoms with Crippen molar-refractivity contribution in [2.75, 3.05) is 0 Å². The smallest absolute Gasteiger partial charge is 0.189 e. The number of benzene rings is 1. The lowest BCUT2D eigenvalue weighted by molar-refractivity contribution is -0.646. The topological polar surface area (TPSA) is 3.88 Å². The Balaban J connectivity index is 2.36. The number of hydrogen-bond donors (Lipinski definition) is 0. The Bertz CT molecular complexity index is 525. The molecule has 0 saturated carbocycles. The van der Waals surface area contributed by atoms with E-state index in [0.717, 1.165) is 0 Å².